The van der Waals surface area contributed by atoms with Crippen molar-refractivity contribution in [2.24, 2.45) is 0 Å². The van der Waals surface area contributed by atoms with Crippen LogP contribution >= 0.6 is 0 Å². The molecule has 2 aliphatic heterocycles. The van der Waals surface area contributed by atoms with Crippen molar-refractivity contribution in [1.29, 1.82) is 0 Å². The Morgan fingerprint density at radius 3 is 3.11 bits per heavy atom. The number of hydrogen-bond donors (Lipinski definition) is 2. The van der Waals surface area contributed by atoms with Crippen molar-refractivity contribution in [3.63, 3.8) is 0 Å². The van der Waals surface area contributed by atoms with Crippen LogP contribution in [0.1, 0.15) is 29.8 Å². The van der Waals surface area contributed by atoms with Crippen LogP contribution in [0.2, 0.25) is 0 Å². The van der Waals surface area contributed by atoms with Crippen LogP contribution in [0.3, 0.4) is 0 Å². The Morgan fingerprint density at radius 2 is 2.28 bits per heavy atom. The van der Waals surface area contributed by atoms with Crippen molar-refractivity contribution in [1.82, 2.24) is 9.88 Å². The largest absolute Gasteiger partial charge is 0.477 e. The molecule has 0 bridgehead atoms. The summed E-state index contributed by atoms with van der Waals surface area (Å²) in [7, 11) is 0. The molecule has 0 amide bonds. The minimum absolute atomic E-state index is 0.0984. The Bertz CT molecular complexity index is 463. The lowest BCUT2D eigenvalue weighted by Crippen LogP contribution is -2.34. The zero-order chi connectivity index (χ0) is 12.5. The van der Waals surface area contributed by atoms with E-state index in [0.717, 1.165) is 13.0 Å². The molecule has 3 heterocycles. The highest BCUT2D eigenvalue weighted by molar-refractivity contribution is 5.85. The molecule has 2 aliphatic rings. The molecule has 0 aliphatic carbocycles. The number of aromatic nitrogens is 1. The number of nitrogens with zero attached hydrogens (tertiary/aromatic N) is 2. The highest BCUT2D eigenvalue weighted by Gasteiger charge is 2.37. The van der Waals surface area contributed by atoms with Crippen molar-refractivity contribution in [2.75, 3.05) is 18.4 Å². The second-order valence-electron chi connectivity index (χ2n) is 5.00. The predicted molar refractivity (Wildman–Crippen MR) is 67.8 cm³/mol. The van der Waals surface area contributed by atoms with Crippen LogP contribution in [-0.2, 0) is 0 Å². The van der Waals surface area contributed by atoms with E-state index < -0.39 is 5.97 Å². The third-order valence-electron chi connectivity index (χ3n) is 3.91. The number of rotatable bonds is 3. The Balaban J connectivity index is 1.72. The van der Waals surface area contributed by atoms with Crippen LogP contribution in [0.15, 0.2) is 18.2 Å². The fourth-order valence-corrected chi connectivity index (χ4v) is 3.08. The molecule has 3 rings (SSSR count). The minimum atomic E-state index is -0.979. The average molecular weight is 247 g/mol. The summed E-state index contributed by atoms with van der Waals surface area (Å²) in [6.45, 7) is 2.34. The fourth-order valence-electron chi connectivity index (χ4n) is 3.08. The van der Waals surface area contributed by atoms with Gasteiger partial charge in [-0.1, -0.05) is 6.07 Å². The number of aromatic carboxylic acids is 1. The lowest BCUT2D eigenvalue weighted by molar-refractivity contribution is 0.0690. The standard InChI is InChI=1S/C13H17N3O2/c17-13(18)10-3-1-5-12(15-10)14-9-6-8-16-7-2-4-11(9)16/h1,3,5,9,11H,2,4,6-8H2,(H,14,15)(H,17,18). The van der Waals surface area contributed by atoms with Gasteiger partial charge in [0.15, 0.2) is 5.69 Å². The van der Waals surface area contributed by atoms with Gasteiger partial charge in [-0.15, -0.1) is 0 Å². The first-order chi connectivity index (χ1) is 8.74. The van der Waals surface area contributed by atoms with Gasteiger partial charge in [-0.2, -0.15) is 0 Å². The van der Waals surface area contributed by atoms with Gasteiger partial charge >= 0.3 is 5.97 Å². The first-order valence-corrected chi connectivity index (χ1v) is 6.45. The Kier molecular flexibility index (Phi) is 2.91. The van der Waals surface area contributed by atoms with E-state index in [9.17, 15) is 4.79 Å². The van der Waals surface area contributed by atoms with E-state index in [2.05, 4.69) is 15.2 Å². The molecule has 2 unspecified atom stereocenters. The number of hydrogen-bond acceptors (Lipinski definition) is 4. The summed E-state index contributed by atoms with van der Waals surface area (Å²) < 4.78 is 0. The molecule has 2 N–H and O–H groups in total. The quantitative estimate of drug-likeness (QED) is 0.846. The molecule has 5 heteroatoms. The molecule has 5 nitrogen and oxygen atoms in total. The molecule has 96 valence electrons. The van der Waals surface area contributed by atoms with E-state index in [-0.39, 0.29) is 5.69 Å². The topological polar surface area (TPSA) is 65.5 Å². The maximum absolute atomic E-state index is 10.9. The summed E-state index contributed by atoms with van der Waals surface area (Å²) in [5.41, 5.74) is 0.0984. The molecule has 1 aromatic rings. The van der Waals surface area contributed by atoms with Crippen molar-refractivity contribution >= 4 is 11.8 Å². The van der Waals surface area contributed by atoms with Crippen LogP contribution in [0.5, 0.6) is 0 Å². The Morgan fingerprint density at radius 1 is 1.39 bits per heavy atom. The van der Waals surface area contributed by atoms with Gasteiger partial charge in [0.25, 0.3) is 0 Å². The van der Waals surface area contributed by atoms with Gasteiger partial charge in [-0.3, -0.25) is 4.90 Å². The first-order valence-electron chi connectivity index (χ1n) is 6.45. The maximum atomic E-state index is 10.9. The third kappa shape index (κ3) is 2.06. The van der Waals surface area contributed by atoms with Gasteiger partial charge in [-0.05, 0) is 37.9 Å². The summed E-state index contributed by atoms with van der Waals surface area (Å²) in [4.78, 5) is 17.5. The van der Waals surface area contributed by atoms with Crippen LogP contribution in [-0.4, -0.2) is 46.1 Å². The molecule has 1 aromatic heterocycles. The van der Waals surface area contributed by atoms with Gasteiger partial charge in [0.1, 0.15) is 5.82 Å². The first kappa shape index (κ1) is 11.5. The molecule has 0 saturated carbocycles. The number of fused-ring (bicyclic) bond motifs is 1. The summed E-state index contributed by atoms with van der Waals surface area (Å²) in [6, 6.07) is 6.10. The van der Waals surface area contributed by atoms with E-state index in [1.165, 1.54) is 25.5 Å². The summed E-state index contributed by atoms with van der Waals surface area (Å²) in [5.74, 6) is -0.304. The van der Waals surface area contributed by atoms with E-state index in [1.807, 2.05) is 6.07 Å². The van der Waals surface area contributed by atoms with Gasteiger partial charge in [0, 0.05) is 18.6 Å². The molecule has 2 atom stereocenters. The lowest BCUT2D eigenvalue weighted by Gasteiger charge is -2.21. The second-order valence-corrected chi connectivity index (χ2v) is 5.00. The van der Waals surface area contributed by atoms with Crippen molar-refractivity contribution < 1.29 is 9.90 Å². The third-order valence-corrected chi connectivity index (χ3v) is 3.91. The number of pyridine rings is 1. The Labute approximate surface area is 106 Å². The SMILES string of the molecule is O=C(O)c1cccc(NC2CCN3CCCC23)n1. The summed E-state index contributed by atoms with van der Waals surface area (Å²) in [5, 5.41) is 12.3. The van der Waals surface area contributed by atoms with Crippen LogP contribution < -0.4 is 5.32 Å². The van der Waals surface area contributed by atoms with Crippen LogP contribution in [0.25, 0.3) is 0 Å². The number of carboxylic acid groups (broad SMARTS) is 1. The molecule has 0 spiro atoms. The van der Waals surface area contributed by atoms with Gasteiger partial charge in [0.05, 0.1) is 0 Å². The number of nitrogens with one attached hydrogen (secondary N) is 1. The van der Waals surface area contributed by atoms with Gasteiger partial charge < -0.3 is 10.4 Å². The van der Waals surface area contributed by atoms with Crippen LogP contribution in [0, 0.1) is 0 Å². The molecule has 18 heavy (non-hydrogen) atoms. The van der Waals surface area contributed by atoms with Crippen molar-refractivity contribution in [3.8, 4) is 0 Å². The van der Waals surface area contributed by atoms with Gasteiger partial charge in [0.2, 0.25) is 0 Å². The summed E-state index contributed by atoms with van der Waals surface area (Å²) >= 11 is 0. The van der Waals surface area contributed by atoms with Crippen molar-refractivity contribution in [3.05, 3.63) is 23.9 Å². The predicted octanol–water partition coefficient (Wildman–Crippen LogP) is 1.43. The molecular formula is C13H17N3O2. The smallest absolute Gasteiger partial charge is 0.354 e. The molecule has 2 saturated heterocycles. The zero-order valence-corrected chi connectivity index (χ0v) is 10.2. The average Bonchev–Trinajstić information content (AvgIpc) is 2.94. The minimum Gasteiger partial charge on any atom is -0.477 e. The van der Waals surface area contributed by atoms with E-state index >= 15 is 0 Å². The molecule has 2 fully saturated rings. The fraction of sp³-hybridized carbons (Fsp3) is 0.538. The summed E-state index contributed by atoms with van der Waals surface area (Å²) in [6.07, 6.45) is 3.62. The monoisotopic (exact) mass is 247 g/mol. The maximum Gasteiger partial charge on any atom is 0.354 e. The van der Waals surface area contributed by atoms with Crippen LogP contribution in [0.4, 0.5) is 5.82 Å². The van der Waals surface area contributed by atoms with Gasteiger partial charge in [-0.25, -0.2) is 9.78 Å². The Hall–Kier alpha value is -1.62. The zero-order valence-electron chi connectivity index (χ0n) is 10.2. The molecular weight excluding hydrogens is 230 g/mol. The van der Waals surface area contributed by atoms with E-state index in [4.69, 9.17) is 5.11 Å². The van der Waals surface area contributed by atoms with Crippen molar-refractivity contribution in [2.45, 2.75) is 31.3 Å². The second kappa shape index (κ2) is 4.57. The number of carboxylic acids is 1. The normalized spacial score (nSPS) is 27.1. The highest BCUT2D eigenvalue weighted by atomic mass is 16.4. The number of carbonyl (C=O) groups is 1. The molecule has 0 radical (unpaired) electrons. The highest BCUT2D eigenvalue weighted by Crippen LogP contribution is 2.29. The molecule has 0 aromatic carbocycles. The number of anilines is 1. The van der Waals surface area contributed by atoms with E-state index in [1.54, 1.807) is 6.07 Å². The lowest BCUT2D eigenvalue weighted by atomic mass is 10.1. The van der Waals surface area contributed by atoms with E-state index in [0.29, 0.717) is 17.9 Å².